The first-order valence-electron chi connectivity index (χ1n) is 5.89. The predicted molar refractivity (Wildman–Crippen MR) is 74.0 cm³/mol. The van der Waals surface area contributed by atoms with Crippen molar-refractivity contribution < 1.29 is 14.3 Å². The van der Waals surface area contributed by atoms with Crippen LogP contribution in [-0.2, 0) is 14.3 Å². The molecule has 0 aromatic heterocycles. The molecule has 1 amide bonds. The lowest BCUT2D eigenvalue weighted by Crippen LogP contribution is -2.48. The molecule has 104 valence electrons. The van der Waals surface area contributed by atoms with Gasteiger partial charge < -0.3 is 15.4 Å². The molecular weight excluding hydrogens is 252 g/mol. The molecule has 0 rings (SSSR count). The van der Waals surface area contributed by atoms with Gasteiger partial charge in [-0.3, -0.25) is 9.59 Å². The number of rotatable bonds is 6. The highest BCUT2D eigenvalue weighted by Crippen LogP contribution is 2.16. The van der Waals surface area contributed by atoms with Gasteiger partial charge in [0, 0.05) is 6.04 Å². The van der Waals surface area contributed by atoms with Crippen LogP contribution in [0.5, 0.6) is 0 Å². The molecule has 0 aromatic rings. The van der Waals surface area contributed by atoms with Crippen molar-refractivity contribution in [3.63, 3.8) is 0 Å². The van der Waals surface area contributed by atoms with Crippen molar-refractivity contribution >= 4 is 29.1 Å². The summed E-state index contributed by atoms with van der Waals surface area (Å²) in [7, 11) is 1.29. The van der Waals surface area contributed by atoms with E-state index in [9.17, 15) is 9.59 Å². The van der Waals surface area contributed by atoms with Crippen LogP contribution in [0, 0.1) is 11.8 Å². The second-order valence-corrected chi connectivity index (χ2v) is 5.23. The number of esters is 1. The van der Waals surface area contributed by atoms with Gasteiger partial charge in [-0.25, -0.2) is 0 Å². The Morgan fingerprint density at radius 2 is 1.78 bits per heavy atom. The molecule has 0 spiro atoms. The van der Waals surface area contributed by atoms with E-state index >= 15 is 0 Å². The van der Waals surface area contributed by atoms with E-state index in [2.05, 4.69) is 4.74 Å². The van der Waals surface area contributed by atoms with Crippen molar-refractivity contribution in [2.24, 2.45) is 17.6 Å². The quantitative estimate of drug-likeness (QED) is 0.577. The number of carbonyl (C=O) groups is 2. The summed E-state index contributed by atoms with van der Waals surface area (Å²) in [6.07, 6.45) is 0. The van der Waals surface area contributed by atoms with Crippen LogP contribution in [0.4, 0.5) is 0 Å². The Morgan fingerprint density at radius 3 is 2.06 bits per heavy atom. The Kier molecular flexibility index (Phi) is 6.83. The Labute approximate surface area is 114 Å². The predicted octanol–water partition coefficient (Wildman–Crippen LogP) is 0.955. The zero-order chi connectivity index (χ0) is 14.5. The highest BCUT2D eigenvalue weighted by atomic mass is 32.1. The molecule has 0 aliphatic carbocycles. The second kappa shape index (κ2) is 7.31. The molecule has 6 heteroatoms. The van der Waals surface area contributed by atoms with E-state index in [0.29, 0.717) is 0 Å². The molecule has 2 N–H and O–H groups in total. The molecule has 5 nitrogen and oxygen atoms in total. The van der Waals surface area contributed by atoms with Crippen LogP contribution in [0.25, 0.3) is 0 Å². The Balaban J connectivity index is 5.05. The normalized spacial score (nSPS) is 12.4. The summed E-state index contributed by atoms with van der Waals surface area (Å²) in [5, 5.41) is 0. The van der Waals surface area contributed by atoms with E-state index in [0.717, 1.165) is 0 Å². The minimum absolute atomic E-state index is 0.00565. The van der Waals surface area contributed by atoms with Gasteiger partial charge in [0.2, 0.25) is 5.91 Å². The van der Waals surface area contributed by atoms with Gasteiger partial charge in [-0.2, -0.15) is 0 Å². The minimum Gasteiger partial charge on any atom is -0.468 e. The zero-order valence-electron chi connectivity index (χ0n) is 11.6. The van der Waals surface area contributed by atoms with Crippen molar-refractivity contribution in [2.45, 2.75) is 33.7 Å². The van der Waals surface area contributed by atoms with Gasteiger partial charge in [-0.15, -0.1) is 0 Å². The minimum atomic E-state index is -0.549. The maximum atomic E-state index is 12.4. The number of carbonyl (C=O) groups excluding carboxylic acids is 2. The van der Waals surface area contributed by atoms with Gasteiger partial charge in [-0.05, 0) is 19.8 Å². The molecule has 0 aromatic carbocycles. The molecule has 0 aliphatic heterocycles. The summed E-state index contributed by atoms with van der Waals surface area (Å²) in [6.45, 7) is 7.32. The van der Waals surface area contributed by atoms with Crippen LogP contribution >= 0.6 is 12.2 Å². The van der Waals surface area contributed by atoms with Gasteiger partial charge in [0.1, 0.15) is 6.54 Å². The Morgan fingerprint density at radius 1 is 1.28 bits per heavy atom. The van der Waals surface area contributed by atoms with Crippen LogP contribution in [0.1, 0.15) is 27.7 Å². The van der Waals surface area contributed by atoms with Crippen molar-refractivity contribution in [3.8, 4) is 0 Å². The number of methoxy groups -OCH3 is 1. The molecule has 1 atom stereocenters. The molecule has 18 heavy (non-hydrogen) atoms. The fourth-order valence-electron chi connectivity index (χ4n) is 1.63. The molecular formula is C12H22N2O3S. The van der Waals surface area contributed by atoms with Gasteiger partial charge in [0.15, 0.2) is 0 Å². The monoisotopic (exact) mass is 274 g/mol. The first kappa shape index (κ1) is 16.8. The summed E-state index contributed by atoms with van der Waals surface area (Å²) in [5.41, 5.74) is 5.61. The Hall–Kier alpha value is -1.17. The first-order chi connectivity index (χ1) is 8.22. The standard InChI is InChI=1S/C12H22N2O3S/c1-7(2)10(11(13)18)12(16)14(8(3)4)6-9(15)17-5/h7-8,10H,6H2,1-5H3,(H2,13,18). The summed E-state index contributed by atoms with van der Waals surface area (Å²) in [4.78, 5) is 25.3. The lowest BCUT2D eigenvalue weighted by Gasteiger charge is -2.30. The first-order valence-corrected chi connectivity index (χ1v) is 6.29. The van der Waals surface area contributed by atoms with Crippen molar-refractivity contribution in [2.75, 3.05) is 13.7 Å². The molecule has 0 bridgehead atoms. The van der Waals surface area contributed by atoms with Gasteiger partial charge in [-0.1, -0.05) is 26.1 Å². The molecule has 1 unspecified atom stereocenters. The van der Waals surface area contributed by atoms with E-state index in [4.69, 9.17) is 18.0 Å². The highest BCUT2D eigenvalue weighted by Gasteiger charge is 2.31. The summed E-state index contributed by atoms with van der Waals surface area (Å²) in [5.74, 6) is -1.23. The number of nitrogens with two attached hydrogens (primary N) is 1. The van der Waals surface area contributed by atoms with Crippen molar-refractivity contribution in [1.82, 2.24) is 4.90 Å². The van der Waals surface area contributed by atoms with E-state index in [1.165, 1.54) is 12.0 Å². The smallest absolute Gasteiger partial charge is 0.325 e. The Bertz CT molecular complexity index is 329. The van der Waals surface area contributed by atoms with Crippen LogP contribution in [-0.4, -0.2) is 41.5 Å². The molecule has 0 aliphatic rings. The summed E-state index contributed by atoms with van der Waals surface area (Å²) < 4.78 is 4.58. The fraction of sp³-hybridized carbons (Fsp3) is 0.750. The molecule has 0 heterocycles. The highest BCUT2D eigenvalue weighted by molar-refractivity contribution is 7.80. The number of ether oxygens (including phenoxy) is 1. The van der Waals surface area contributed by atoms with Crippen molar-refractivity contribution in [3.05, 3.63) is 0 Å². The number of nitrogens with zero attached hydrogens (tertiary/aromatic N) is 1. The van der Waals surface area contributed by atoms with Crippen LogP contribution in [0.15, 0.2) is 0 Å². The molecule has 0 saturated carbocycles. The van der Waals surface area contributed by atoms with Gasteiger partial charge in [0.05, 0.1) is 18.0 Å². The SMILES string of the molecule is COC(=O)CN(C(=O)C(C(N)=S)C(C)C)C(C)C. The van der Waals surface area contributed by atoms with E-state index < -0.39 is 11.9 Å². The number of amides is 1. The maximum absolute atomic E-state index is 12.4. The topological polar surface area (TPSA) is 72.6 Å². The maximum Gasteiger partial charge on any atom is 0.325 e. The molecule has 0 fully saturated rings. The lowest BCUT2D eigenvalue weighted by atomic mass is 9.94. The number of hydrogen-bond donors (Lipinski definition) is 1. The number of thiocarbonyl (C=S) groups is 1. The van der Waals surface area contributed by atoms with Gasteiger partial charge >= 0.3 is 5.97 Å². The lowest BCUT2D eigenvalue weighted by molar-refractivity contribution is -0.149. The average Bonchev–Trinajstić information content (AvgIpc) is 2.23. The van der Waals surface area contributed by atoms with Crippen LogP contribution < -0.4 is 5.73 Å². The zero-order valence-corrected chi connectivity index (χ0v) is 12.4. The summed E-state index contributed by atoms with van der Waals surface area (Å²) >= 11 is 4.93. The molecule has 0 saturated heterocycles. The largest absolute Gasteiger partial charge is 0.468 e. The molecule has 0 radical (unpaired) electrons. The average molecular weight is 274 g/mol. The number of hydrogen-bond acceptors (Lipinski definition) is 4. The fourth-order valence-corrected chi connectivity index (χ4v) is 2.01. The van der Waals surface area contributed by atoms with Crippen LogP contribution in [0.3, 0.4) is 0 Å². The van der Waals surface area contributed by atoms with Crippen molar-refractivity contribution in [1.29, 1.82) is 0 Å². The second-order valence-electron chi connectivity index (χ2n) is 4.76. The van der Waals surface area contributed by atoms with E-state index in [1.807, 2.05) is 27.7 Å². The third kappa shape index (κ3) is 4.60. The van der Waals surface area contributed by atoms with E-state index in [-0.39, 0.29) is 29.4 Å². The van der Waals surface area contributed by atoms with Crippen LogP contribution in [0.2, 0.25) is 0 Å². The summed E-state index contributed by atoms with van der Waals surface area (Å²) in [6, 6.07) is -0.118. The van der Waals surface area contributed by atoms with Gasteiger partial charge in [0.25, 0.3) is 0 Å². The third-order valence-corrected chi connectivity index (χ3v) is 2.93. The van der Waals surface area contributed by atoms with E-state index in [1.54, 1.807) is 0 Å². The third-order valence-electron chi connectivity index (χ3n) is 2.67.